The number of carbonyl (C=O) groups excluding carboxylic acids is 2. The molecule has 3 N–H and O–H groups in total. The third-order valence-electron chi connectivity index (χ3n) is 8.48. The molecule has 0 bridgehead atoms. The van der Waals surface area contributed by atoms with Gasteiger partial charge in [-0.1, -0.05) is 55.7 Å². The minimum atomic E-state index is -0.491. The summed E-state index contributed by atoms with van der Waals surface area (Å²) >= 11 is 0. The maximum atomic E-state index is 14.1. The van der Waals surface area contributed by atoms with Crippen molar-refractivity contribution in [2.45, 2.75) is 63.5 Å². The van der Waals surface area contributed by atoms with Gasteiger partial charge in [0.25, 0.3) is 0 Å². The van der Waals surface area contributed by atoms with E-state index in [1.165, 1.54) is 17.2 Å². The third kappa shape index (κ3) is 5.54. The van der Waals surface area contributed by atoms with E-state index >= 15 is 0 Å². The Labute approximate surface area is 219 Å². The summed E-state index contributed by atoms with van der Waals surface area (Å²) in [6, 6.07) is 16.6. The van der Waals surface area contributed by atoms with Crippen LogP contribution in [0.25, 0.3) is 21.9 Å². The number of nitrogens with two attached hydrogens (primary N) is 1. The zero-order chi connectivity index (χ0) is 25.8. The standard InChI is InChI=1S/C31H38N4O2/c1-33-28(30(32)36)18-27(22-9-3-2-4-10-22)31(37)35-15-7-12-29(35)26-17-25(19-34-20-26)24-14-13-21-8-5-6-11-23(21)16-24/h5-6,8,11,13-14,16-17,19-20,22,27-29,33H,2-4,7,9-10,12,15,18H2,1H3,(H2,32,36). The summed E-state index contributed by atoms with van der Waals surface area (Å²) in [5.74, 6) is -0.101. The molecule has 2 aliphatic rings. The molecular formula is C31H38N4O2. The molecule has 3 atom stereocenters. The van der Waals surface area contributed by atoms with E-state index in [2.05, 4.69) is 63.7 Å². The van der Waals surface area contributed by atoms with E-state index in [-0.39, 0.29) is 23.8 Å². The van der Waals surface area contributed by atoms with Gasteiger partial charge in [0.1, 0.15) is 0 Å². The Hall–Kier alpha value is -3.25. The largest absolute Gasteiger partial charge is 0.368 e. The summed E-state index contributed by atoms with van der Waals surface area (Å²) in [5.41, 5.74) is 8.94. The number of rotatable bonds is 8. The summed E-state index contributed by atoms with van der Waals surface area (Å²) in [7, 11) is 1.75. The highest BCUT2D eigenvalue weighted by molar-refractivity contribution is 5.87. The van der Waals surface area contributed by atoms with Gasteiger partial charge in [0.2, 0.25) is 11.8 Å². The molecule has 6 nitrogen and oxygen atoms in total. The van der Waals surface area contributed by atoms with Crippen LogP contribution in [-0.2, 0) is 9.59 Å². The van der Waals surface area contributed by atoms with Crippen molar-refractivity contribution < 1.29 is 9.59 Å². The predicted molar refractivity (Wildman–Crippen MR) is 148 cm³/mol. The van der Waals surface area contributed by atoms with Gasteiger partial charge < -0.3 is 16.0 Å². The molecule has 2 fully saturated rings. The lowest BCUT2D eigenvalue weighted by Gasteiger charge is -2.36. The number of nitrogens with zero attached hydrogens (tertiary/aromatic N) is 2. The number of likely N-dealkylation sites (tertiary alicyclic amines) is 1. The van der Waals surface area contributed by atoms with Crippen LogP contribution < -0.4 is 11.1 Å². The van der Waals surface area contributed by atoms with E-state index in [9.17, 15) is 9.59 Å². The normalized spacial score (nSPS) is 20.1. The molecule has 2 aromatic carbocycles. The fourth-order valence-corrected chi connectivity index (χ4v) is 6.42. The van der Waals surface area contributed by atoms with E-state index in [0.29, 0.717) is 12.3 Å². The van der Waals surface area contributed by atoms with Gasteiger partial charge in [-0.25, -0.2) is 0 Å². The van der Waals surface area contributed by atoms with E-state index in [1.807, 2.05) is 12.4 Å². The molecule has 3 aromatic rings. The Balaban J connectivity index is 1.41. The van der Waals surface area contributed by atoms with E-state index in [0.717, 1.165) is 61.8 Å². The second kappa shape index (κ2) is 11.4. The van der Waals surface area contributed by atoms with E-state index < -0.39 is 6.04 Å². The lowest BCUT2D eigenvalue weighted by molar-refractivity contribution is -0.139. The number of amides is 2. The Kier molecular flexibility index (Phi) is 7.85. The van der Waals surface area contributed by atoms with Gasteiger partial charge in [0.05, 0.1) is 12.1 Å². The molecule has 6 heteroatoms. The Morgan fingerprint density at radius 3 is 2.51 bits per heavy atom. The second-order valence-corrected chi connectivity index (χ2v) is 10.7. The van der Waals surface area contributed by atoms with Gasteiger partial charge >= 0.3 is 0 Å². The molecule has 194 valence electrons. The second-order valence-electron chi connectivity index (χ2n) is 10.7. The number of nitrogens with one attached hydrogen (secondary N) is 1. The quantitative estimate of drug-likeness (QED) is 0.445. The van der Waals surface area contributed by atoms with Crippen LogP contribution in [-0.4, -0.2) is 41.3 Å². The fraction of sp³-hybridized carbons (Fsp3) is 0.452. The average molecular weight is 499 g/mol. The van der Waals surface area contributed by atoms with Crippen molar-refractivity contribution in [2.24, 2.45) is 17.6 Å². The van der Waals surface area contributed by atoms with Crippen molar-refractivity contribution in [3.8, 4) is 11.1 Å². The summed E-state index contributed by atoms with van der Waals surface area (Å²) in [5, 5.41) is 5.46. The molecule has 3 unspecified atom stereocenters. The van der Waals surface area contributed by atoms with Crippen molar-refractivity contribution in [1.82, 2.24) is 15.2 Å². The highest BCUT2D eigenvalue weighted by Gasteiger charge is 2.39. The number of pyridine rings is 1. The first kappa shape index (κ1) is 25.4. The Morgan fingerprint density at radius 1 is 0.973 bits per heavy atom. The van der Waals surface area contributed by atoms with Gasteiger partial charge in [0.15, 0.2) is 0 Å². The minimum Gasteiger partial charge on any atom is -0.368 e. The Bertz CT molecular complexity index is 1250. The van der Waals surface area contributed by atoms with Crippen molar-refractivity contribution >= 4 is 22.6 Å². The maximum absolute atomic E-state index is 14.1. The van der Waals surface area contributed by atoms with Gasteiger partial charge in [-0.3, -0.25) is 14.6 Å². The first-order valence-corrected chi connectivity index (χ1v) is 13.8. The number of fused-ring (bicyclic) bond motifs is 1. The highest BCUT2D eigenvalue weighted by atomic mass is 16.2. The monoisotopic (exact) mass is 498 g/mol. The van der Waals surface area contributed by atoms with Gasteiger partial charge in [-0.05, 0) is 79.1 Å². The fourth-order valence-electron chi connectivity index (χ4n) is 6.42. The number of primary amides is 1. The van der Waals surface area contributed by atoms with Gasteiger partial charge in [-0.2, -0.15) is 0 Å². The van der Waals surface area contributed by atoms with E-state index in [1.54, 1.807) is 7.05 Å². The van der Waals surface area contributed by atoms with Crippen LogP contribution in [0.15, 0.2) is 60.9 Å². The number of benzene rings is 2. The molecule has 5 rings (SSSR count). The number of carbonyl (C=O) groups is 2. The number of hydrogen-bond donors (Lipinski definition) is 2. The lowest BCUT2D eigenvalue weighted by Crippen LogP contribution is -2.46. The molecule has 2 heterocycles. The van der Waals surface area contributed by atoms with Crippen molar-refractivity contribution in [3.63, 3.8) is 0 Å². The molecule has 1 aromatic heterocycles. The summed E-state index contributed by atoms with van der Waals surface area (Å²) in [6.45, 7) is 0.744. The van der Waals surface area contributed by atoms with Crippen molar-refractivity contribution in [2.75, 3.05) is 13.6 Å². The van der Waals surface area contributed by atoms with Crippen LogP contribution in [0, 0.1) is 11.8 Å². The molecule has 37 heavy (non-hydrogen) atoms. The molecule has 2 amide bonds. The molecule has 1 saturated heterocycles. The molecular weight excluding hydrogens is 460 g/mol. The van der Waals surface area contributed by atoms with Crippen LogP contribution in [0.5, 0.6) is 0 Å². The summed E-state index contributed by atoms with van der Waals surface area (Å²) in [6.07, 6.45) is 11.8. The zero-order valence-corrected chi connectivity index (χ0v) is 21.7. The van der Waals surface area contributed by atoms with Gasteiger partial charge in [0, 0.05) is 30.4 Å². The number of aromatic nitrogens is 1. The molecule has 1 aliphatic heterocycles. The molecule has 1 saturated carbocycles. The van der Waals surface area contributed by atoms with Crippen LogP contribution in [0.4, 0.5) is 0 Å². The summed E-state index contributed by atoms with van der Waals surface area (Å²) in [4.78, 5) is 32.8. The van der Waals surface area contributed by atoms with Crippen LogP contribution in [0.3, 0.4) is 0 Å². The van der Waals surface area contributed by atoms with Crippen LogP contribution >= 0.6 is 0 Å². The average Bonchev–Trinajstić information content (AvgIpc) is 3.44. The molecule has 1 aliphatic carbocycles. The van der Waals surface area contributed by atoms with E-state index in [4.69, 9.17) is 5.73 Å². The first-order chi connectivity index (χ1) is 18.0. The number of likely N-dealkylation sites (N-methyl/N-ethyl adjacent to an activating group) is 1. The van der Waals surface area contributed by atoms with Crippen molar-refractivity contribution in [3.05, 3.63) is 66.5 Å². The van der Waals surface area contributed by atoms with Crippen LogP contribution in [0.1, 0.15) is 63.0 Å². The maximum Gasteiger partial charge on any atom is 0.234 e. The number of hydrogen-bond acceptors (Lipinski definition) is 4. The molecule has 0 radical (unpaired) electrons. The topological polar surface area (TPSA) is 88.3 Å². The third-order valence-corrected chi connectivity index (χ3v) is 8.48. The predicted octanol–water partition coefficient (Wildman–Crippen LogP) is 5.23. The molecule has 0 spiro atoms. The smallest absolute Gasteiger partial charge is 0.234 e. The van der Waals surface area contributed by atoms with Crippen molar-refractivity contribution in [1.29, 1.82) is 0 Å². The lowest BCUT2D eigenvalue weighted by atomic mass is 9.76. The SMILES string of the molecule is CNC(CC(C(=O)N1CCCC1c1cncc(-c2ccc3ccccc3c2)c1)C1CCCCC1)C(N)=O. The zero-order valence-electron chi connectivity index (χ0n) is 21.7. The minimum absolute atomic E-state index is 0.00751. The first-order valence-electron chi connectivity index (χ1n) is 13.8. The Morgan fingerprint density at radius 2 is 1.76 bits per heavy atom. The van der Waals surface area contributed by atoms with Crippen LogP contribution in [0.2, 0.25) is 0 Å². The van der Waals surface area contributed by atoms with Gasteiger partial charge in [-0.15, -0.1) is 0 Å². The summed E-state index contributed by atoms with van der Waals surface area (Å²) < 4.78 is 0. The highest BCUT2D eigenvalue weighted by Crippen LogP contribution is 2.39.